The molecule has 7 heteroatoms. The van der Waals surface area contributed by atoms with Crippen LogP contribution in [0.3, 0.4) is 0 Å². The SMILES string of the molecule is COc1ccc(CC(=O)N2C[C@H](O)[C@@H](N3CCOCC3)C2)c(OC)c1. The number of rotatable bonds is 5. The number of nitrogens with zero attached hydrogens (tertiary/aromatic N) is 2. The third-order valence-corrected chi connectivity index (χ3v) is 4.96. The lowest BCUT2D eigenvalue weighted by Gasteiger charge is -2.33. The molecule has 25 heavy (non-hydrogen) atoms. The van der Waals surface area contributed by atoms with E-state index >= 15 is 0 Å². The van der Waals surface area contributed by atoms with Crippen LogP contribution in [0.5, 0.6) is 11.5 Å². The quantitative estimate of drug-likeness (QED) is 0.815. The molecular weight excluding hydrogens is 324 g/mol. The molecular formula is C18H26N2O5. The summed E-state index contributed by atoms with van der Waals surface area (Å²) in [4.78, 5) is 16.7. The maximum absolute atomic E-state index is 12.7. The molecule has 7 nitrogen and oxygen atoms in total. The number of benzene rings is 1. The van der Waals surface area contributed by atoms with E-state index in [4.69, 9.17) is 14.2 Å². The Morgan fingerprint density at radius 1 is 1.24 bits per heavy atom. The number of methoxy groups -OCH3 is 2. The summed E-state index contributed by atoms with van der Waals surface area (Å²) < 4.78 is 15.9. The zero-order valence-corrected chi connectivity index (χ0v) is 14.8. The first-order chi connectivity index (χ1) is 12.1. The van der Waals surface area contributed by atoms with Gasteiger partial charge >= 0.3 is 0 Å². The fraction of sp³-hybridized carbons (Fsp3) is 0.611. The van der Waals surface area contributed by atoms with Crippen molar-refractivity contribution >= 4 is 5.91 Å². The summed E-state index contributed by atoms with van der Waals surface area (Å²) in [6.45, 7) is 3.89. The standard InChI is InChI=1S/C18H26N2O5/c1-23-14-4-3-13(17(10-14)24-2)9-18(22)20-11-15(16(21)12-20)19-5-7-25-8-6-19/h3-4,10,15-16,21H,5-9,11-12H2,1-2H3/t15-,16-/m0/s1. The molecule has 0 bridgehead atoms. The van der Waals surface area contributed by atoms with Crippen molar-refractivity contribution in [3.63, 3.8) is 0 Å². The minimum Gasteiger partial charge on any atom is -0.497 e. The Morgan fingerprint density at radius 3 is 2.68 bits per heavy atom. The van der Waals surface area contributed by atoms with E-state index in [-0.39, 0.29) is 18.4 Å². The predicted molar refractivity (Wildman–Crippen MR) is 92.0 cm³/mol. The van der Waals surface area contributed by atoms with Gasteiger partial charge in [0.25, 0.3) is 0 Å². The molecule has 2 aliphatic heterocycles. The van der Waals surface area contributed by atoms with Crippen LogP contribution in [0.4, 0.5) is 0 Å². The van der Waals surface area contributed by atoms with E-state index in [1.54, 1.807) is 25.2 Å². The fourth-order valence-corrected chi connectivity index (χ4v) is 3.51. The van der Waals surface area contributed by atoms with Crippen molar-refractivity contribution in [3.05, 3.63) is 23.8 Å². The first-order valence-corrected chi connectivity index (χ1v) is 8.61. The number of aliphatic hydroxyl groups is 1. The summed E-state index contributed by atoms with van der Waals surface area (Å²) in [5.74, 6) is 1.33. The first-order valence-electron chi connectivity index (χ1n) is 8.61. The van der Waals surface area contributed by atoms with Crippen LogP contribution in [0.15, 0.2) is 18.2 Å². The number of likely N-dealkylation sites (tertiary alicyclic amines) is 1. The topological polar surface area (TPSA) is 71.5 Å². The number of morpholine rings is 1. The lowest BCUT2D eigenvalue weighted by Crippen LogP contribution is -2.49. The average molecular weight is 350 g/mol. The third-order valence-electron chi connectivity index (χ3n) is 4.96. The highest BCUT2D eigenvalue weighted by atomic mass is 16.5. The third kappa shape index (κ3) is 4.05. The Labute approximate surface area is 148 Å². The molecule has 0 saturated carbocycles. The number of ether oxygens (including phenoxy) is 3. The van der Waals surface area contributed by atoms with Gasteiger partial charge in [-0.1, -0.05) is 6.07 Å². The van der Waals surface area contributed by atoms with Gasteiger partial charge in [0.2, 0.25) is 5.91 Å². The number of hydrogen-bond donors (Lipinski definition) is 1. The van der Waals surface area contributed by atoms with E-state index in [0.717, 1.165) is 18.7 Å². The van der Waals surface area contributed by atoms with Crippen LogP contribution in [0.1, 0.15) is 5.56 Å². The summed E-state index contributed by atoms with van der Waals surface area (Å²) in [5.41, 5.74) is 0.817. The van der Waals surface area contributed by atoms with Gasteiger partial charge in [0, 0.05) is 37.8 Å². The lowest BCUT2D eigenvalue weighted by molar-refractivity contribution is -0.129. The largest absolute Gasteiger partial charge is 0.497 e. The number of hydrogen-bond acceptors (Lipinski definition) is 6. The van der Waals surface area contributed by atoms with Gasteiger partial charge in [-0.3, -0.25) is 9.69 Å². The highest BCUT2D eigenvalue weighted by Gasteiger charge is 2.38. The van der Waals surface area contributed by atoms with Crippen molar-refractivity contribution < 1.29 is 24.1 Å². The van der Waals surface area contributed by atoms with Crippen molar-refractivity contribution in [2.24, 2.45) is 0 Å². The van der Waals surface area contributed by atoms with Crippen LogP contribution in [-0.2, 0) is 16.0 Å². The number of carbonyl (C=O) groups excluding carboxylic acids is 1. The average Bonchev–Trinajstić information content (AvgIpc) is 3.04. The van der Waals surface area contributed by atoms with Crippen LogP contribution in [0, 0.1) is 0 Å². The second-order valence-corrected chi connectivity index (χ2v) is 6.44. The van der Waals surface area contributed by atoms with E-state index in [2.05, 4.69) is 4.90 Å². The number of carbonyl (C=O) groups is 1. The molecule has 0 aliphatic carbocycles. The highest BCUT2D eigenvalue weighted by Crippen LogP contribution is 2.26. The first kappa shape index (κ1) is 18.0. The molecule has 1 aromatic carbocycles. The van der Waals surface area contributed by atoms with Crippen molar-refractivity contribution in [1.82, 2.24) is 9.80 Å². The molecule has 0 spiro atoms. The normalized spacial score (nSPS) is 24.4. The van der Waals surface area contributed by atoms with Gasteiger partial charge < -0.3 is 24.2 Å². The van der Waals surface area contributed by atoms with Crippen LogP contribution in [0.2, 0.25) is 0 Å². The van der Waals surface area contributed by atoms with Crippen molar-refractivity contribution in [1.29, 1.82) is 0 Å². The molecule has 2 heterocycles. The zero-order valence-electron chi connectivity index (χ0n) is 14.8. The van der Waals surface area contributed by atoms with Gasteiger partial charge in [-0.05, 0) is 6.07 Å². The Bertz CT molecular complexity index is 603. The van der Waals surface area contributed by atoms with E-state index in [1.807, 2.05) is 12.1 Å². The minimum atomic E-state index is -0.514. The van der Waals surface area contributed by atoms with Gasteiger partial charge in [0.15, 0.2) is 0 Å². The molecule has 0 radical (unpaired) electrons. The second kappa shape index (κ2) is 8.03. The number of aliphatic hydroxyl groups excluding tert-OH is 1. The van der Waals surface area contributed by atoms with Gasteiger partial charge in [0.05, 0.1) is 46.0 Å². The summed E-state index contributed by atoms with van der Waals surface area (Å²) in [6, 6.07) is 5.44. The molecule has 0 aromatic heterocycles. The Balaban J connectivity index is 1.64. The summed E-state index contributed by atoms with van der Waals surface area (Å²) in [5, 5.41) is 10.4. The van der Waals surface area contributed by atoms with Gasteiger partial charge in [-0.2, -0.15) is 0 Å². The predicted octanol–water partition coefficient (Wildman–Crippen LogP) is 0.150. The van der Waals surface area contributed by atoms with Crippen LogP contribution < -0.4 is 9.47 Å². The molecule has 1 amide bonds. The summed E-state index contributed by atoms with van der Waals surface area (Å²) in [6.07, 6.45) is -0.268. The summed E-state index contributed by atoms with van der Waals surface area (Å²) in [7, 11) is 3.17. The highest BCUT2D eigenvalue weighted by molar-refractivity contribution is 5.80. The van der Waals surface area contributed by atoms with Gasteiger partial charge in [0.1, 0.15) is 11.5 Å². The molecule has 2 aliphatic rings. The van der Waals surface area contributed by atoms with Crippen molar-refractivity contribution in [3.8, 4) is 11.5 Å². The fourth-order valence-electron chi connectivity index (χ4n) is 3.51. The zero-order chi connectivity index (χ0) is 17.8. The lowest BCUT2D eigenvalue weighted by atomic mass is 10.1. The van der Waals surface area contributed by atoms with Crippen LogP contribution >= 0.6 is 0 Å². The molecule has 138 valence electrons. The number of β-amino-alcohol motifs (C(OH)–C–C–N with tert-alkyl or cyclic N) is 1. The molecule has 2 atom stereocenters. The second-order valence-electron chi connectivity index (χ2n) is 6.44. The Kier molecular flexibility index (Phi) is 5.78. The molecule has 2 fully saturated rings. The van der Waals surface area contributed by atoms with Crippen LogP contribution in [0.25, 0.3) is 0 Å². The molecule has 0 unspecified atom stereocenters. The van der Waals surface area contributed by atoms with Gasteiger partial charge in [-0.15, -0.1) is 0 Å². The molecule has 3 rings (SSSR count). The Morgan fingerprint density at radius 2 is 2.00 bits per heavy atom. The smallest absolute Gasteiger partial charge is 0.227 e. The Hall–Kier alpha value is -1.83. The maximum Gasteiger partial charge on any atom is 0.227 e. The van der Waals surface area contributed by atoms with E-state index in [1.165, 1.54) is 0 Å². The molecule has 1 aromatic rings. The monoisotopic (exact) mass is 350 g/mol. The number of amides is 1. The minimum absolute atomic E-state index is 0.00160. The van der Waals surface area contributed by atoms with Gasteiger partial charge in [-0.25, -0.2) is 0 Å². The van der Waals surface area contributed by atoms with Crippen LogP contribution in [-0.4, -0.2) is 86.6 Å². The van der Waals surface area contributed by atoms with E-state index in [9.17, 15) is 9.90 Å². The molecule has 1 N–H and O–H groups in total. The summed E-state index contributed by atoms with van der Waals surface area (Å²) >= 11 is 0. The van der Waals surface area contributed by atoms with Crippen molar-refractivity contribution in [2.75, 3.05) is 53.6 Å². The maximum atomic E-state index is 12.7. The molecule has 2 saturated heterocycles. The van der Waals surface area contributed by atoms with E-state index in [0.29, 0.717) is 37.8 Å². The van der Waals surface area contributed by atoms with Crippen molar-refractivity contribution in [2.45, 2.75) is 18.6 Å². The van der Waals surface area contributed by atoms with E-state index < -0.39 is 6.10 Å².